The van der Waals surface area contributed by atoms with E-state index < -0.39 is 0 Å². The molecule has 0 atom stereocenters. The van der Waals surface area contributed by atoms with Gasteiger partial charge in [0.1, 0.15) is 0 Å². The van der Waals surface area contributed by atoms with E-state index in [4.69, 9.17) is 0 Å². The molecule has 1 fully saturated rings. The first-order valence-electron chi connectivity index (χ1n) is 5.85. The second-order valence-corrected chi connectivity index (χ2v) is 4.31. The van der Waals surface area contributed by atoms with Crippen LogP contribution in [0, 0.1) is 0 Å². The zero-order valence-corrected chi connectivity index (χ0v) is 9.88. The van der Waals surface area contributed by atoms with Gasteiger partial charge >= 0.3 is 0 Å². The van der Waals surface area contributed by atoms with Crippen molar-refractivity contribution < 1.29 is 4.79 Å². The lowest BCUT2D eigenvalue weighted by atomic mass is 10.1. The van der Waals surface area contributed by atoms with Gasteiger partial charge in [0.2, 0.25) is 5.91 Å². The molecule has 0 aliphatic carbocycles. The van der Waals surface area contributed by atoms with E-state index in [0.717, 1.165) is 13.0 Å². The van der Waals surface area contributed by atoms with Gasteiger partial charge in [-0.25, -0.2) is 0 Å². The van der Waals surface area contributed by atoms with Crippen LogP contribution in [0.2, 0.25) is 0 Å². The maximum absolute atomic E-state index is 11.0. The lowest BCUT2D eigenvalue weighted by Gasteiger charge is -2.29. The number of piperidine rings is 1. The molecule has 0 saturated carbocycles. The minimum atomic E-state index is 0.139. The topological polar surface area (TPSA) is 44.4 Å². The van der Waals surface area contributed by atoms with E-state index in [-0.39, 0.29) is 5.91 Å². The van der Waals surface area contributed by atoms with E-state index >= 15 is 0 Å². The molecule has 0 radical (unpaired) electrons. The van der Waals surface area contributed by atoms with Crippen LogP contribution in [0.5, 0.6) is 0 Å². The summed E-state index contributed by atoms with van der Waals surface area (Å²) in [6.45, 7) is 3.34. The average molecular weight is 213 g/mol. The van der Waals surface area contributed by atoms with E-state index in [0.29, 0.717) is 12.5 Å². The SMILES string of the molecule is CNC(=O)CCCNC1CCN(C)CC1. The van der Waals surface area contributed by atoms with E-state index in [1.54, 1.807) is 7.05 Å². The second-order valence-electron chi connectivity index (χ2n) is 4.31. The fraction of sp³-hybridized carbons (Fsp3) is 0.909. The highest BCUT2D eigenvalue weighted by Crippen LogP contribution is 2.07. The van der Waals surface area contributed by atoms with Crippen LogP contribution >= 0.6 is 0 Å². The van der Waals surface area contributed by atoms with Gasteiger partial charge in [0.15, 0.2) is 0 Å². The molecule has 4 nitrogen and oxygen atoms in total. The third kappa shape index (κ3) is 5.14. The Bertz CT molecular complexity index is 188. The van der Waals surface area contributed by atoms with Crippen LogP contribution in [0.15, 0.2) is 0 Å². The van der Waals surface area contributed by atoms with Gasteiger partial charge in [0.05, 0.1) is 0 Å². The number of hydrogen-bond donors (Lipinski definition) is 2. The Kier molecular flexibility index (Phi) is 5.65. The first kappa shape index (κ1) is 12.5. The Morgan fingerprint density at radius 1 is 1.40 bits per heavy atom. The number of hydrogen-bond acceptors (Lipinski definition) is 3. The molecule has 2 N–H and O–H groups in total. The zero-order chi connectivity index (χ0) is 11.1. The normalized spacial score (nSPS) is 19.1. The van der Waals surface area contributed by atoms with Gasteiger partial charge < -0.3 is 15.5 Å². The maximum atomic E-state index is 11.0. The van der Waals surface area contributed by atoms with Crippen LogP contribution < -0.4 is 10.6 Å². The molecule has 88 valence electrons. The van der Waals surface area contributed by atoms with Gasteiger partial charge in [-0.05, 0) is 45.9 Å². The molecule has 1 rings (SSSR count). The molecule has 1 aliphatic heterocycles. The molecule has 0 aromatic carbocycles. The van der Waals surface area contributed by atoms with Gasteiger partial charge in [0.25, 0.3) is 0 Å². The van der Waals surface area contributed by atoms with Crippen molar-refractivity contribution in [1.82, 2.24) is 15.5 Å². The molecule has 0 aromatic rings. The summed E-state index contributed by atoms with van der Waals surface area (Å²) in [4.78, 5) is 13.3. The lowest BCUT2D eigenvalue weighted by molar-refractivity contribution is -0.120. The van der Waals surface area contributed by atoms with Crippen LogP contribution in [-0.2, 0) is 4.79 Å². The monoisotopic (exact) mass is 213 g/mol. The summed E-state index contributed by atoms with van der Waals surface area (Å²) in [5.74, 6) is 0.139. The van der Waals surface area contributed by atoms with Crippen LogP contribution in [0.3, 0.4) is 0 Å². The quantitative estimate of drug-likeness (QED) is 0.641. The van der Waals surface area contributed by atoms with E-state index in [1.807, 2.05) is 0 Å². The molecular formula is C11H23N3O. The number of rotatable bonds is 5. The molecule has 1 amide bonds. The Morgan fingerprint density at radius 3 is 2.67 bits per heavy atom. The van der Waals surface area contributed by atoms with Crippen molar-refractivity contribution in [2.75, 3.05) is 33.7 Å². The lowest BCUT2D eigenvalue weighted by Crippen LogP contribution is -2.41. The minimum absolute atomic E-state index is 0.139. The van der Waals surface area contributed by atoms with Crippen LogP contribution in [0.4, 0.5) is 0 Å². The van der Waals surface area contributed by atoms with Gasteiger partial charge in [0, 0.05) is 19.5 Å². The minimum Gasteiger partial charge on any atom is -0.359 e. The van der Waals surface area contributed by atoms with Gasteiger partial charge in [-0.15, -0.1) is 0 Å². The summed E-state index contributed by atoms with van der Waals surface area (Å²) in [6, 6.07) is 0.658. The molecule has 0 unspecified atom stereocenters. The molecular weight excluding hydrogens is 190 g/mol. The molecule has 1 heterocycles. The molecule has 0 aromatic heterocycles. The Morgan fingerprint density at radius 2 is 2.07 bits per heavy atom. The van der Waals surface area contributed by atoms with E-state index in [9.17, 15) is 4.79 Å². The number of nitrogens with one attached hydrogen (secondary N) is 2. The first-order valence-corrected chi connectivity index (χ1v) is 5.85. The molecule has 15 heavy (non-hydrogen) atoms. The summed E-state index contributed by atoms with van der Waals surface area (Å²) in [5.41, 5.74) is 0. The highest BCUT2D eigenvalue weighted by Gasteiger charge is 2.15. The maximum Gasteiger partial charge on any atom is 0.219 e. The summed E-state index contributed by atoms with van der Waals surface area (Å²) >= 11 is 0. The number of carbonyl (C=O) groups excluding carboxylic acids is 1. The van der Waals surface area contributed by atoms with E-state index in [2.05, 4.69) is 22.6 Å². The largest absolute Gasteiger partial charge is 0.359 e. The predicted octanol–water partition coefficient (Wildman–Crippen LogP) is 0.196. The molecule has 0 spiro atoms. The second kappa shape index (κ2) is 6.80. The summed E-state index contributed by atoms with van der Waals surface area (Å²) < 4.78 is 0. The van der Waals surface area contributed by atoms with Crippen LogP contribution in [-0.4, -0.2) is 50.6 Å². The number of nitrogens with zero attached hydrogens (tertiary/aromatic N) is 1. The van der Waals surface area contributed by atoms with Crippen molar-refractivity contribution in [3.63, 3.8) is 0 Å². The average Bonchev–Trinajstić information content (AvgIpc) is 2.26. The summed E-state index contributed by atoms with van der Waals surface area (Å²) in [7, 11) is 3.86. The number of carbonyl (C=O) groups is 1. The van der Waals surface area contributed by atoms with Crippen molar-refractivity contribution >= 4 is 5.91 Å². The van der Waals surface area contributed by atoms with Crippen molar-refractivity contribution in [3.05, 3.63) is 0 Å². The van der Waals surface area contributed by atoms with Crippen molar-refractivity contribution in [2.24, 2.45) is 0 Å². The van der Waals surface area contributed by atoms with Crippen molar-refractivity contribution in [2.45, 2.75) is 31.7 Å². The molecule has 1 aliphatic rings. The smallest absolute Gasteiger partial charge is 0.219 e. The highest BCUT2D eigenvalue weighted by atomic mass is 16.1. The standard InChI is InChI=1S/C11H23N3O/c1-12-11(15)4-3-7-13-10-5-8-14(2)9-6-10/h10,13H,3-9H2,1-2H3,(H,12,15). The third-order valence-electron chi connectivity index (χ3n) is 3.01. The molecule has 4 heteroatoms. The van der Waals surface area contributed by atoms with Gasteiger partial charge in [-0.2, -0.15) is 0 Å². The van der Waals surface area contributed by atoms with Gasteiger partial charge in [-0.3, -0.25) is 4.79 Å². The van der Waals surface area contributed by atoms with Crippen molar-refractivity contribution in [3.8, 4) is 0 Å². The molecule has 1 saturated heterocycles. The van der Waals surface area contributed by atoms with Crippen LogP contribution in [0.25, 0.3) is 0 Å². The Balaban J connectivity index is 1.98. The van der Waals surface area contributed by atoms with Crippen molar-refractivity contribution in [1.29, 1.82) is 0 Å². The predicted molar refractivity (Wildman–Crippen MR) is 61.8 cm³/mol. The fourth-order valence-corrected chi connectivity index (χ4v) is 1.89. The Labute approximate surface area is 92.4 Å². The Hall–Kier alpha value is -0.610. The number of amides is 1. The fourth-order valence-electron chi connectivity index (χ4n) is 1.89. The third-order valence-corrected chi connectivity index (χ3v) is 3.01. The summed E-state index contributed by atoms with van der Waals surface area (Å²) in [5, 5.41) is 6.15. The van der Waals surface area contributed by atoms with Crippen LogP contribution in [0.1, 0.15) is 25.7 Å². The zero-order valence-electron chi connectivity index (χ0n) is 9.88. The summed E-state index contributed by atoms with van der Waals surface area (Å²) in [6.07, 6.45) is 4.04. The number of likely N-dealkylation sites (tertiary alicyclic amines) is 1. The molecule has 0 bridgehead atoms. The van der Waals surface area contributed by atoms with Gasteiger partial charge in [-0.1, -0.05) is 0 Å². The van der Waals surface area contributed by atoms with E-state index in [1.165, 1.54) is 25.9 Å². The first-order chi connectivity index (χ1) is 7.22. The highest BCUT2D eigenvalue weighted by molar-refractivity contribution is 5.75.